The Morgan fingerprint density at radius 1 is 0.900 bits per heavy atom. The van der Waals surface area contributed by atoms with Gasteiger partial charge in [0.15, 0.2) is 25.6 Å². The van der Waals surface area contributed by atoms with Gasteiger partial charge in [0.05, 0.1) is 6.26 Å². The van der Waals surface area contributed by atoms with Crippen LogP contribution in [0.1, 0.15) is 6.92 Å². The van der Waals surface area contributed by atoms with Gasteiger partial charge in [0.2, 0.25) is 0 Å². The Balaban J connectivity index is 5.40. The molecule has 0 radical (unpaired) electrons. The number of rotatable bonds is 13. The molecule has 9 nitrogen and oxygen atoms in total. The van der Waals surface area contributed by atoms with Crippen molar-refractivity contribution >= 4 is 44.2 Å². The third kappa shape index (κ3) is 4.85. The predicted molar refractivity (Wildman–Crippen MR) is 78.3 cm³/mol. The lowest BCUT2D eigenvalue weighted by atomic mass is 10.5. The second kappa shape index (κ2) is 9.74. The SMILES string of the molecule is C=COCC(C)([SiH](OC=N)OC=N)[SiH](OC=N)OC=N. The second-order valence-electron chi connectivity index (χ2n) is 3.66. The number of nitrogens with one attached hydrogen (secondary N) is 4. The van der Waals surface area contributed by atoms with Crippen LogP contribution >= 0.6 is 0 Å². The van der Waals surface area contributed by atoms with Crippen molar-refractivity contribution in [2.24, 2.45) is 0 Å². The lowest BCUT2D eigenvalue weighted by Gasteiger charge is -2.34. The molecule has 0 aliphatic rings. The van der Waals surface area contributed by atoms with Crippen LogP contribution in [-0.2, 0) is 22.4 Å². The van der Waals surface area contributed by atoms with Crippen LogP contribution in [0.3, 0.4) is 0 Å². The molecule has 0 rings (SSSR count). The van der Waals surface area contributed by atoms with Crippen LogP contribution in [0, 0.1) is 21.6 Å². The highest BCUT2D eigenvalue weighted by Gasteiger charge is 2.54. The molecule has 0 unspecified atom stereocenters. The van der Waals surface area contributed by atoms with E-state index < -0.39 is 23.2 Å². The molecular weight excluding hydrogens is 300 g/mol. The molecule has 0 saturated carbocycles. The van der Waals surface area contributed by atoms with Crippen LogP contribution in [0.5, 0.6) is 0 Å². The third-order valence-corrected chi connectivity index (χ3v) is 8.01. The summed E-state index contributed by atoms with van der Waals surface area (Å²) in [5, 5.41) is 28.1. The monoisotopic (exact) mass is 318 g/mol. The molecule has 0 aliphatic carbocycles. The molecule has 4 N–H and O–H groups in total. The molecule has 0 fully saturated rings. The fraction of sp³-hybridized carbons (Fsp3) is 0.333. The first kappa shape index (κ1) is 17.9. The first-order valence-electron chi connectivity index (χ1n) is 5.40. The van der Waals surface area contributed by atoms with Gasteiger partial charge in [0.25, 0.3) is 0 Å². The van der Waals surface area contributed by atoms with Crippen molar-refractivity contribution in [3.05, 3.63) is 12.8 Å². The summed E-state index contributed by atoms with van der Waals surface area (Å²) in [5.74, 6) is 0. The van der Waals surface area contributed by atoms with Crippen molar-refractivity contribution in [3.63, 3.8) is 0 Å². The molecule has 0 atom stereocenters. The van der Waals surface area contributed by atoms with Crippen LogP contribution < -0.4 is 0 Å². The molecule has 0 aromatic carbocycles. The van der Waals surface area contributed by atoms with Gasteiger partial charge in [-0.25, -0.2) is 0 Å². The van der Waals surface area contributed by atoms with Crippen LogP contribution in [0.15, 0.2) is 12.8 Å². The minimum Gasteiger partial charge on any atom is -0.505 e. The molecule has 0 aromatic heterocycles. The highest BCUT2D eigenvalue weighted by Crippen LogP contribution is 2.34. The summed E-state index contributed by atoms with van der Waals surface area (Å²) in [6.07, 6.45) is 4.08. The van der Waals surface area contributed by atoms with E-state index in [9.17, 15) is 0 Å². The molecule has 0 amide bonds. The maximum Gasteiger partial charge on any atom is 0.459 e. The van der Waals surface area contributed by atoms with Gasteiger partial charge in [0.1, 0.15) is 11.3 Å². The van der Waals surface area contributed by atoms with Gasteiger partial charge in [-0.15, -0.1) is 0 Å². The van der Waals surface area contributed by atoms with E-state index in [4.69, 9.17) is 44.1 Å². The first-order chi connectivity index (χ1) is 9.60. The normalized spacial score (nSPS) is 15.4. The van der Waals surface area contributed by atoms with Crippen LogP contribution in [0.25, 0.3) is 0 Å². The van der Waals surface area contributed by atoms with E-state index in [1.807, 2.05) is 0 Å². The number of hydrogen-bond acceptors (Lipinski definition) is 9. The van der Waals surface area contributed by atoms with Crippen molar-refractivity contribution in [2.45, 2.75) is 11.6 Å². The van der Waals surface area contributed by atoms with Crippen LogP contribution in [0.4, 0.5) is 0 Å². The first-order valence-corrected chi connectivity index (χ1v) is 8.44. The van der Waals surface area contributed by atoms with E-state index in [1.54, 1.807) is 6.92 Å². The summed E-state index contributed by atoms with van der Waals surface area (Å²) in [6, 6.07) is 0. The average Bonchev–Trinajstić information content (AvgIpc) is 2.44. The Morgan fingerprint density at radius 2 is 1.25 bits per heavy atom. The molecule has 112 valence electrons. The maximum absolute atomic E-state index is 7.03. The average molecular weight is 318 g/mol. The van der Waals surface area contributed by atoms with Crippen LogP contribution in [-0.4, -0.2) is 50.8 Å². The molecule has 0 aliphatic heterocycles. The third-order valence-electron chi connectivity index (χ3n) is 2.36. The van der Waals surface area contributed by atoms with Crippen molar-refractivity contribution in [2.75, 3.05) is 6.61 Å². The highest BCUT2D eigenvalue weighted by molar-refractivity contribution is 6.72. The van der Waals surface area contributed by atoms with Crippen molar-refractivity contribution in [1.82, 2.24) is 0 Å². The zero-order chi connectivity index (χ0) is 15.4. The summed E-state index contributed by atoms with van der Waals surface area (Å²) in [5.41, 5.74) is 0. The van der Waals surface area contributed by atoms with E-state index >= 15 is 0 Å². The van der Waals surface area contributed by atoms with E-state index in [0.29, 0.717) is 25.6 Å². The molecule has 0 saturated heterocycles. The summed E-state index contributed by atoms with van der Waals surface area (Å²) in [6.45, 7) is 5.17. The fourth-order valence-corrected chi connectivity index (χ4v) is 5.58. The molecular formula is C9H18N4O5Si2. The summed E-state index contributed by atoms with van der Waals surface area (Å²) in [7, 11) is -5.34. The molecule has 20 heavy (non-hydrogen) atoms. The highest BCUT2D eigenvalue weighted by atomic mass is 28.4. The largest absolute Gasteiger partial charge is 0.505 e. The Hall–Kier alpha value is -2.15. The summed E-state index contributed by atoms with van der Waals surface area (Å²) < 4.78 is 24.8. The van der Waals surface area contributed by atoms with Gasteiger partial charge < -0.3 is 22.4 Å². The van der Waals surface area contributed by atoms with E-state index in [2.05, 4.69) is 6.58 Å². The van der Waals surface area contributed by atoms with Crippen LogP contribution in [0.2, 0.25) is 4.66 Å². The standard InChI is InChI=1S/C9H18N4O5Si2/c1-3-14-4-9(2,19(15-5-10)16-6-11)20(17-7-12)18-8-13/h3,5-8,10-13,19-20H,1,4H2,2H3. The van der Waals surface area contributed by atoms with Gasteiger partial charge in [-0.3, -0.25) is 21.6 Å². The minimum atomic E-state index is -2.67. The topological polar surface area (TPSA) is 142 Å². The van der Waals surface area contributed by atoms with Gasteiger partial charge >= 0.3 is 18.6 Å². The Labute approximate surface area is 120 Å². The number of hydrogen-bond donors (Lipinski definition) is 4. The fourth-order valence-electron chi connectivity index (χ4n) is 1.42. The Morgan fingerprint density at radius 3 is 1.50 bits per heavy atom. The van der Waals surface area contributed by atoms with E-state index in [1.165, 1.54) is 6.26 Å². The van der Waals surface area contributed by atoms with Gasteiger partial charge in [-0.1, -0.05) is 6.58 Å². The zero-order valence-corrected chi connectivity index (χ0v) is 13.3. The van der Waals surface area contributed by atoms with E-state index in [0.717, 1.165) is 0 Å². The minimum absolute atomic E-state index is 0.0492. The Kier molecular flexibility index (Phi) is 8.70. The lowest BCUT2D eigenvalue weighted by molar-refractivity contribution is 0.202. The van der Waals surface area contributed by atoms with Crippen molar-refractivity contribution in [3.8, 4) is 0 Å². The molecule has 11 heteroatoms. The smallest absolute Gasteiger partial charge is 0.459 e. The predicted octanol–water partition coefficient (Wildman–Crippen LogP) is 0.382. The summed E-state index contributed by atoms with van der Waals surface area (Å²) in [4.78, 5) is 0. The maximum atomic E-state index is 7.03. The number of ether oxygens (including phenoxy) is 1. The van der Waals surface area contributed by atoms with Crippen molar-refractivity contribution < 1.29 is 22.4 Å². The summed E-state index contributed by atoms with van der Waals surface area (Å²) >= 11 is 0. The Bertz CT molecular complexity index is 313. The zero-order valence-electron chi connectivity index (χ0n) is 11.0. The van der Waals surface area contributed by atoms with Gasteiger partial charge in [0, 0.05) is 0 Å². The molecule has 0 heterocycles. The molecule has 0 aromatic rings. The van der Waals surface area contributed by atoms with Gasteiger partial charge in [-0.2, -0.15) is 0 Å². The molecule has 0 spiro atoms. The second-order valence-corrected chi connectivity index (χ2v) is 9.38. The molecule has 0 bridgehead atoms. The lowest BCUT2D eigenvalue weighted by Crippen LogP contribution is -2.51. The van der Waals surface area contributed by atoms with Crippen molar-refractivity contribution in [1.29, 1.82) is 21.6 Å². The van der Waals surface area contributed by atoms with Gasteiger partial charge in [-0.05, 0) is 6.92 Å². The quantitative estimate of drug-likeness (QED) is 0.168. The van der Waals surface area contributed by atoms with E-state index in [-0.39, 0.29) is 6.61 Å².